The van der Waals surface area contributed by atoms with E-state index < -0.39 is 29.0 Å². The maximum atomic E-state index is 13.5. The number of hydrogen-bond acceptors (Lipinski definition) is 3. The normalized spacial score (nSPS) is 11.3. The van der Waals surface area contributed by atoms with E-state index in [-0.39, 0.29) is 6.54 Å². The molecular weight excluding hydrogens is 353 g/mol. The standard InChI is InChI=1S/C16H17F3N4OS/c1-2-20-16(21-8-10-4-3-7-25-10)22-9-13(24)23-12-6-5-11(17)14(18)15(12)19/h3-7H,2,8-9H2,1H3,(H,23,24)(H2,20,21,22). The summed E-state index contributed by atoms with van der Waals surface area (Å²) in [7, 11) is 0. The Labute approximate surface area is 147 Å². The molecule has 5 nitrogen and oxygen atoms in total. The molecule has 25 heavy (non-hydrogen) atoms. The number of aliphatic imine (C=N–C) groups is 1. The number of thiophene rings is 1. The predicted octanol–water partition coefficient (Wildman–Crippen LogP) is 2.86. The maximum absolute atomic E-state index is 13.5. The highest BCUT2D eigenvalue weighted by atomic mass is 32.1. The van der Waals surface area contributed by atoms with E-state index in [0.717, 1.165) is 17.0 Å². The lowest BCUT2D eigenvalue weighted by molar-refractivity contribution is -0.114. The van der Waals surface area contributed by atoms with Crippen LogP contribution in [0.15, 0.2) is 34.6 Å². The van der Waals surface area contributed by atoms with Crippen LogP contribution < -0.4 is 16.0 Å². The van der Waals surface area contributed by atoms with Gasteiger partial charge in [-0.25, -0.2) is 18.2 Å². The Balaban J connectivity index is 1.94. The molecule has 0 bridgehead atoms. The van der Waals surface area contributed by atoms with E-state index in [4.69, 9.17) is 0 Å². The lowest BCUT2D eigenvalue weighted by Crippen LogP contribution is -2.37. The number of benzene rings is 1. The molecule has 1 aromatic carbocycles. The molecule has 0 radical (unpaired) electrons. The SMILES string of the molecule is CCNC(=NCC(=O)Nc1ccc(F)c(F)c1F)NCc1cccs1. The van der Waals surface area contributed by atoms with E-state index in [9.17, 15) is 18.0 Å². The molecule has 0 saturated carbocycles. The second kappa shape index (κ2) is 9.07. The van der Waals surface area contributed by atoms with Crippen LogP contribution in [0.4, 0.5) is 18.9 Å². The van der Waals surface area contributed by atoms with Crippen LogP contribution in [0.3, 0.4) is 0 Å². The number of nitrogens with zero attached hydrogens (tertiary/aromatic N) is 1. The van der Waals surface area contributed by atoms with Gasteiger partial charge in [0.1, 0.15) is 6.54 Å². The third-order valence-corrected chi connectivity index (χ3v) is 3.92. The molecule has 0 aliphatic rings. The summed E-state index contributed by atoms with van der Waals surface area (Å²) in [4.78, 5) is 17.0. The summed E-state index contributed by atoms with van der Waals surface area (Å²) in [5, 5.41) is 10.1. The Hall–Kier alpha value is -2.55. The molecule has 0 saturated heterocycles. The topological polar surface area (TPSA) is 65.5 Å². The quantitative estimate of drug-likeness (QED) is 0.416. The molecule has 0 atom stereocenters. The molecule has 9 heteroatoms. The van der Waals surface area contributed by atoms with Gasteiger partial charge in [-0.05, 0) is 30.5 Å². The van der Waals surface area contributed by atoms with Crippen molar-refractivity contribution in [2.45, 2.75) is 13.5 Å². The molecular formula is C16H17F3N4OS. The van der Waals surface area contributed by atoms with Crippen LogP contribution in [-0.2, 0) is 11.3 Å². The Kier molecular flexibility index (Phi) is 6.81. The second-order valence-corrected chi connectivity index (χ2v) is 5.93. The van der Waals surface area contributed by atoms with E-state index in [0.29, 0.717) is 19.0 Å². The Morgan fingerprint density at radius 1 is 1.16 bits per heavy atom. The fraction of sp³-hybridized carbons (Fsp3) is 0.250. The largest absolute Gasteiger partial charge is 0.357 e. The van der Waals surface area contributed by atoms with Gasteiger partial charge in [-0.3, -0.25) is 4.79 Å². The number of rotatable bonds is 6. The molecule has 134 valence electrons. The van der Waals surface area contributed by atoms with Gasteiger partial charge in [0, 0.05) is 11.4 Å². The molecule has 2 aromatic rings. The minimum atomic E-state index is -1.63. The van der Waals surface area contributed by atoms with Gasteiger partial charge in [0.2, 0.25) is 5.91 Å². The van der Waals surface area contributed by atoms with Gasteiger partial charge in [0.25, 0.3) is 0 Å². The summed E-state index contributed by atoms with van der Waals surface area (Å²) in [6.45, 7) is 2.70. The van der Waals surface area contributed by atoms with E-state index >= 15 is 0 Å². The molecule has 1 amide bonds. The van der Waals surface area contributed by atoms with Gasteiger partial charge in [-0.15, -0.1) is 11.3 Å². The van der Waals surface area contributed by atoms with E-state index in [2.05, 4.69) is 20.9 Å². The summed E-state index contributed by atoms with van der Waals surface area (Å²) < 4.78 is 39.5. The van der Waals surface area contributed by atoms with Crippen LogP contribution in [0.1, 0.15) is 11.8 Å². The average Bonchev–Trinajstić information content (AvgIpc) is 3.11. The molecule has 1 aromatic heterocycles. The number of carbonyl (C=O) groups excluding carboxylic acids is 1. The number of guanidine groups is 1. The van der Waals surface area contributed by atoms with Crippen molar-refractivity contribution in [3.63, 3.8) is 0 Å². The van der Waals surface area contributed by atoms with Crippen molar-refractivity contribution in [1.82, 2.24) is 10.6 Å². The van der Waals surface area contributed by atoms with Gasteiger partial charge in [-0.1, -0.05) is 6.07 Å². The molecule has 0 aliphatic carbocycles. The summed E-state index contributed by atoms with van der Waals surface area (Å²) in [5.41, 5.74) is -0.435. The van der Waals surface area contributed by atoms with Crippen molar-refractivity contribution in [1.29, 1.82) is 0 Å². The molecule has 0 spiro atoms. The summed E-state index contributed by atoms with van der Waals surface area (Å²) in [5.74, 6) is -4.64. The minimum Gasteiger partial charge on any atom is -0.357 e. The van der Waals surface area contributed by atoms with Gasteiger partial charge >= 0.3 is 0 Å². The first-order valence-electron chi connectivity index (χ1n) is 7.49. The molecule has 3 N–H and O–H groups in total. The highest BCUT2D eigenvalue weighted by Gasteiger charge is 2.15. The fourth-order valence-corrected chi connectivity index (χ4v) is 2.53. The zero-order chi connectivity index (χ0) is 18.2. The summed E-state index contributed by atoms with van der Waals surface area (Å²) in [6.07, 6.45) is 0. The predicted molar refractivity (Wildman–Crippen MR) is 92.1 cm³/mol. The number of amides is 1. The summed E-state index contributed by atoms with van der Waals surface area (Å²) in [6, 6.07) is 5.58. The van der Waals surface area contributed by atoms with Gasteiger partial charge in [-0.2, -0.15) is 0 Å². The lowest BCUT2D eigenvalue weighted by atomic mass is 10.3. The Morgan fingerprint density at radius 2 is 1.96 bits per heavy atom. The van der Waals surface area contributed by atoms with E-state index in [1.165, 1.54) is 0 Å². The zero-order valence-corrected chi connectivity index (χ0v) is 14.2. The van der Waals surface area contributed by atoms with Crippen LogP contribution in [0.2, 0.25) is 0 Å². The van der Waals surface area contributed by atoms with Crippen LogP contribution in [0.5, 0.6) is 0 Å². The Morgan fingerprint density at radius 3 is 2.64 bits per heavy atom. The molecule has 2 rings (SSSR count). The highest BCUT2D eigenvalue weighted by molar-refractivity contribution is 7.09. The minimum absolute atomic E-state index is 0.307. The van der Waals surface area contributed by atoms with Crippen molar-refractivity contribution in [2.24, 2.45) is 4.99 Å². The van der Waals surface area contributed by atoms with E-state index in [1.807, 2.05) is 24.4 Å². The number of carbonyl (C=O) groups is 1. The van der Waals surface area contributed by atoms with Crippen molar-refractivity contribution in [3.05, 3.63) is 52.0 Å². The van der Waals surface area contributed by atoms with Crippen molar-refractivity contribution >= 4 is 28.9 Å². The van der Waals surface area contributed by atoms with Gasteiger partial charge < -0.3 is 16.0 Å². The van der Waals surface area contributed by atoms with Gasteiger partial charge in [0.15, 0.2) is 23.4 Å². The van der Waals surface area contributed by atoms with E-state index in [1.54, 1.807) is 11.3 Å². The average molecular weight is 370 g/mol. The van der Waals surface area contributed by atoms with Crippen LogP contribution >= 0.6 is 11.3 Å². The maximum Gasteiger partial charge on any atom is 0.246 e. The van der Waals surface area contributed by atoms with Crippen molar-refractivity contribution < 1.29 is 18.0 Å². The number of nitrogens with one attached hydrogen (secondary N) is 3. The zero-order valence-electron chi connectivity index (χ0n) is 13.4. The lowest BCUT2D eigenvalue weighted by Gasteiger charge is -2.11. The summed E-state index contributed by atoms with van der Waals surface area (Å²) >= 11 is 1.58. The third kappa shape index (κ3) is 5.49. The molecule has 0 fully saturated rings. The number of hydrogen-bond donors (Lipinski definition) is 3. The first-order valence-corrected chi connectivity index (χ1v) is 8.37. The molecule has 0 unspecified atom stereocenters. The smallest absolute Gasteiger partial charge is 0.246 e. The Bertz CT molecular complexity index is 750. The first kappa shape index (κ1) is 18.8. The third-order valence-electron chi connectivity index (χ3n) is 3.04. The molecule has 0 aliphatic heterocycles. The second-order valence-electron chi connectivity index (χ2n) is 4.90. The van der Waals surface area contributed by atoms with Crippen molar-refractivity contribution in [2.75, 3.05) is 18.4 Å². The fourth-order valence-electron chi connectivity index (χ4n) is 1.89. The number of anilines is 1. The molecule has 1 heterocycles. The van der Waals surface area contributed by atoms with Crippen molar-refractivity contribution in [3.8, 4) is 0 Å². The van der Waals surface area contributed by atoms with Crippen LogP contribution in [-0.4, -0.2) is 25.0 Å². The monoisotopic (exact) mass is 370 g/mol. The van der Waals surface area contributed by atoms with Crippen LogP contribution in [0, 0.1) is 17.5 Å². The van der Waals surface area contributed by atoms with Gasteiger partial charge in [0.05, 0.1) is 12.2 Å². The number of halogens is 3. The van der Waals surface area contributed by atoms with Crippen LogP contribution in [0.25, 0.3) is 0 Å². The highest BCUT2D eigenvalue weighted by Crippen LogP contribution is 2.19. The first-order chi connectivity index (χ1) is 12.0.